The first-order chi connectivity index (χ1) is 15.9. The Bertz CT molecular complexity index is 1140. The Morgan fingerprint density at radius 3 is 2.45 bits per heavy atom. The Hall–Kier alpha value is -3.58. The molecular formula is C25H26ClN3O4. The number of rotatable bonds is 9. The maximum atomic E-state index is 12.4. The average Bonchev–Trinajstić information content (AvgIpc) is 3.15. The number of hydrogen-bond acceptors (Lipinski definition) is 5. The molecule has 3 aromatic rings. The lowest BCUT2D eigenvalue weighted by Crippen LogP contribution is -2.20. The van der Waals surface area contributed by atoms with Crippen molar-refractivity contribution in [1.82, 2.24) is 9.99 Å². The third-order valence-electron chi connectivity index (χ3n) is 5.08. The van der Waals surface area contributed by atoms with Gasteiger partial charge in [0.05, 0.1) is 25.5 Å². The minimum atomic E-state index is -0.391. The number of hydrogen-bond donors (Lipinski definition) is 1. The lowest BCUT2D eigenvalue weighted by Gasteiger charge is -2.12. The minimum Gasteiger partial charge on any atom is -0.497 e. The largest absolute Gasteiger partial charge is 0.497 e. The maximum absolute atomic E-state index is 12.4. The second kappa shape index (κ2) is 11.3. The van der Waals surface area contributed by atoms with Crippen LogP contribution in [0, 0.1) is 6.92 Å². The van der Waals surface area contributed by atoms with Gasteiger partial charge in [0.2, 0.25) is 5.91 Å². The van der Waals surface area contributed by atoms with Gasteiger partial charge >= 0.3 is 5.97 Å². The molecule has 0 aliphatic rings. The van der Waals surface area contributed by atoms with Crippen molar-refractivity contribution < 1.29 is 19.1 Å². The molecule has 1 aromatic heterocycles. The first-order valence-corrected chi connectivity index (χ1v) is 10.9. The first-order valence-electron chi connectivity index (χ1n) is 10.5. The number of benzene rings is 2. The van der Waals surface area contributed by atoms with Gasteiger partial charge in [-0.15, -0.1) is 0 Å². The fourth-order valence-electron chi connectivity index (χ4n) is 3.35. The summed E-state index contributed by atoms with van der Waals surface area (Å²) in [4.78, 5) is 24.8. The third kappa shape index (κ3) is 6.23. The summed E-state index contributed by atoms with van der Waals surface area (Å²) in [6.45, 7) is 4.26. The number of halogens is 1. The monoisotopic (exact) mass is 467 g/mol. The van der Waals surface area contributed by atoms with Crippen molar-refractivity contribution in [1.29, 1.82) is 0 Å². The highest BCUT2D eigenvalue weighted by Gasteiger charge is 2.20. The molecular weight excluding hydrogens is 442 g/mol. The van der Waals surface area contributed by atoms with E-state index < -0.39 is 5.97 Å². The highest BCUT2D eigenvalue weighted by Crippen LogP contribution is 2.28. The molecule has 172 valence electrons. The summed E-state index contributed by atoms with van der Waals surface area (Å²) in [5, 5.41) is 4.64. The number of ether oxygens (including phenoxy) is 2. The van der Waals surface area contributed by atoms with Gasteiger partial charge in [-0.25, -0.2) is 10.2 Å². The van der Waals surface area contributed by atoms with Gasteiger partial charge < -0.3 is 14.0 Å². The van der Waals surface area contributed by atoms with Crippen LogP contribution in [-0.4, -0.2) is 36.4 Å². The van der Waals surface area contributed by atoms with Crippen LogP contribution >= 0.6 is 11.6 Å². The fraction of sp³-hybridized carbons (Fsp3) is 0.240. The van der Waals surface area contributed by atoms with E-state index in [1.165, 1.54) is 0 Å². The molecule has 0 unspecified atom stereocenters. The van der Waals surface area contributed by atoms with Crippen LogP contribution in [-0.2, 0) is 16.1 Å². The summed E-state index contributed by atoms with van der Waals surface area (Å²) in [5.41, 5.74) is 6.27. The third-order valence-corrected chi connectivity index (χ3v) is 5.33. The number of carbonyl (C=O) groups excluding carboxylic acids is 2. The zero-order valence-corrected chi connectivity index (χ0v) is 19.6. The molecule has 0 spiro atoms. The summed E-state index contributed by atoms with van der Waals surface area (Å²) in [6.07, 6.45) is 1.74. The van der Waals surface area contributed by atoms with Gasteiger partial charge in [-0.1, -0.05) is 23.7 Å². The molecule has 1 amide bonds. The maximum Gasteiger partial charge on any atom is 0.339 e. The van der Waals surface area contributed by atoms with E-state index in [1.807, 2.05) is 47.9 Å². The average molecular weight is 468 g/mol. The van der Waals surface area contributed by atoms with Gasteiger partial charge in [0.1, 0.15) is 5.75 Å². The van der Waals surface area contributed by atoms with Crippen LogP contribution in [0.3, 0.4) is 0 Å². The lowest BCUT2D eigenvalue weighted by molar-refractivity contribution is -0.121. The van der Waals surface area contributed by atoms with E-state index in [0.29, 0.717) is 17.1 Å². The fourth-order valence-corrected chi connectivity index (χ4v) is 3.47. The van der Waals surface area contributed by atoms with E-state index in [0.717, 1.165) is 28.3 Å². The van der Waals surface area contributed by atoms with Crippen LogP contribution < -0.4 is 10.2 Å². The highest BCUT2D eigenvalue weighted by molar-refractivity contribution is 6.30. The van der Waals surface area contributed by atoms with E-state index in [1.54, 1.807) is 38.4 Å². The number of aromatic nitrogens is 1. The molecule has 0 aliphatic heterocycles. The van der Waals surface area contributed by atoms with Crippen molar-refractivity contribution in [3.8, 4) is 17.0 Å². The van der Waals surface area contributed by atoms with Crippen molar-refractivity contribution >= 4 is 29.7 Å². The zero-order chi connectivity index (χ0) is 23.8. The van der Waals surface area contributed by atoms with Crippen LogP contribution in [0.1, 0.15) is 35.0 Å². The van der Waals surface area contributed by atoms with Crippen LogP contribution in [0.25, 0.3) is 11.3 Å². The molecule has 0 saturated carbocycles. The minimum absolute atomic E-state index is 0.179. The predicted octanol–water partition coefficient (Wildman–Crippen LogP) is 4.84. The molecule has 2 aromatic carbocycles. The molecule has 0 aliphatic carbocycles. The Kier molecular flexibility index (Phi) is 8.27. The standard InChI is InChI=1S/C25H26ClN3O4/c1-4-33-25(31)22-15-23(19-7-9-20(26)10-8-19)29(17(22)2)14-13-24(30)28-27-16-18-5-11-21(32-3)12-6-18/h5-12,15-16H,4,13-14H2,1-3H3,(H,28,30)/b27-16+. The van der Waals surface area contributed by atoms with Gasteiger partial charge in [-0.05, 0) is 67.4 Å². The number of amides is 1. The van der Waals surface area contributed by atoms with E-state index in [9.17, 15) is 9.59 Å². The Morgan fingerprint density at radius 2 is 1.82 bits per heavy atom. The molecule has 1 N–H and O–H groups in total. The van der Waals surface area contributed by atoms with E-state index in [4.69, 9.17) is 21.1 Å². The SMILES string of the molecule is CCOC(=O)c1cc(-c2ccc(Cl)cc2)n(CCC(=O)N/N=C/c2ccc(OC)cc2)c1C. The number of carbonyl (C=O) groups is 2. The van der Waals surface area contributed by atoms with E-state index in [2.05, 4.69) is 10.5 Å². The first kappa shape index (κ1) is 24.1. The summed E-state index contributed by atoms with van der Waals surface area (Å²) in [5.74, 6) is 0.113. The van der Waals surface area contributed by atoms with Crippen molar-refractivity contribution in [2.45, 2.75) is 26.8 Å². The smallest absolute Gasteiger partial charge is 0.339 e. The molecule has 0 saturated heterocycles. The second-order valence-corrected chi connectivity index (χ2v) is 7.66. The number of hydrazone groups is 1. The summed E-state index contributed by atoms with van der Waals surface area (Å²) in [7, 11) is 1.60. The van der Waals surface area contributed by atoms with Gasteiger partial charge in [-0.2, -0.15) is 5.10 Å². The van der Waals surface area contributed by atoms with Crippen molar-refractivity contribution in [3.63, 3.8) is 0 Å². The van der Waals surface area contributed by atoms with Crippen molar-refractivity contribution in [2.24, 2.45) is 5.10 Å². The normalized spacial score (nSPS) is 10.9. The Morgan fingerprint density at radius 1 is 1.12 bits per heavy atom. The summed E-state index contributed by atoms with van der Waals surface area (Å²) >= 11 is 6.02. The van der Waals surface area contributed by atoms with Crippen LogP contribution in [0.15, 0.2) is 59.7 Å². The second-order valence-electron chi connectivity index (χ2n) is 7.22. The zero-order valence-electron chi connectivity index (χ0n) is 18.8. The summed E-state index contributed by atoms with van der Waals surface area (Å²) < 4.78 is 12.2. The van der Waals surface area contributed by atoms with Gasteiger partial charge in [0.15, 0.2) is 0 Å². The topological polar surface area (TPSA) is 81.9 Å². The van der Waals surface area contributed by atoms with Gasteiger partial charge in [-0.3, -0.25) is 4.79 Å². The van der Waals surface area contributed by atoms with Crippen LogP contribution in [0.4, 0.5) is 0 Å². The molecule has 0 fully saturated rings. The van der Waals surface area contributed by atoms with E-state index in [-0.39, 0.29) is 18.9 Å². The van der Waals surface area contributed by atoms with Gasteiger partial charge in [0.25, 0.3) is 0 Å². The molecule has 8 heteroatoms. The molecule has 0 radical (unpaired) electrons. The number of methoxy groups -OCH3 is 1. The number of nitrogens with zero attached hydrogens (tertiary/aromatic N) is 2. The molecule has 1 heterocycles. The number of nitrogens with one attached hydrogen (secondary N) is 1. The molecule has 3 rings (SSSR count). The van der Waals surface area contributed by atoms with Crippen LogP contribution in [0.2, 0.25) is 5.02 Å². The molecule has 0 atom stereocenters. The number of esters is 1. The molecule has 33 heavy (non-hydrogen) atoms. The molecule has 0 bridgehead atoms. The van der Waals surface area contributed by atoms with Gasteiger partial charge in [0, 0.05) is 29.4 Å². The highest BCUT2D eigenvalue weighted by atomic mass is 35.5. The predicted molar refractivity (Wildman–Crippen MR) is 129 cm³/mol. The van der Waals surface area contributed by atoms with Crippen molar-refractivity contribution in [2.75, 3.05) is 13.7 Å². The van der Waals surface area contributed by atoms with E-state index >= 15 is 0 Å². The van der Waals surface area contributed by atoms with Crippen LogP contribution in [0.5, 0.6) is 5.75 Å². The lowest BCUT2D eigenvalue weighted by atomic mass is 10.1. The van der Waals surface area contributed by atoms with Crippen molar-refractivity contribution in [3.05, 3.63) is 76.4 Å². The quantitative estimate of drug-likeness (QED) is 0.277. The Balaban J connectivity index is 1.72. The Labute approximate surface area is 198 Å². The molecule has 7 nitrogen and oxygen atoms in total. The summed E-state index contributed by atoms with van der Waals surface area (Å²) in [6, 6.07) is 16.4.